The number of hydrogen-bond donors (Lipinski definition) is 0. The number of carbonyl (C=O) groups is 2. The Kier molecular flexibility index (Phi) is 2.43. The van der Waals surface area contributed by atoms with E-state index in [9.17, 15) is 9.59 Å². The summed E-state index contributed by atoms with van der Waals surface area (Å²) in [5.41, 5.74) is 0. The number of rotatable bonds is 2. The molecule has 0 radical (unpaired) electrons. The van der Waals surface area contributed by atoms with E-state index in [1.165, 1.54) is 6.08 Å². The summed E-state index contributed by atoms with van der Waals surface area (Å²) in [5, 5.41) is 0. The lowest BCUT2D eigenvalue weighted by atomic mass is 10.1. The van der Waals surface area contributed by atoms with Crippen molar-refractivity contribution in [3.05, 3.63) is 24.9 Å². The first kappa shape index (κ1) is 8.71. The number of hydrogen-bond acceptors (Lipinski definition) is 3. The van der Waals surface area contributed by atoms with Gasteiger partial charge in [0.05, 0.1) is 6.04 Å². The number of Topliss-reactive ketones (excluding diaryl/α,β-unsaturated/α-hetero) is 1. The van der Waals surface area contributed by atoms with Gasteiger partial charge < -0.3 is 4.90 Å². The summed E-state index contributed by atoms with van der Waals surface area (Å²) in [5.74, 6) is -0.762. The molecule has 1 aliphatic rings. The molecule has 0 saturated carbocycles. The summed E-state index contributed by atoms with van der Waals surface area (Å²) in [4.78, 5) is 23.8. The van der Waals surface area contributed by atoms with Crippen molar-refractivity contribution in [1.29, 1.82) is 0 Å². The van der Waals surface area contributed by atoms with E-state index in [1.807, 2.05) is 0 Å². The Morgan fingerprint density at radius 3 is 2.92 bits per heavy atom. The van der Waals surface area contributed by atoms with Crippen molar-refractivity contribution in [2.75, 3.05) is 6.54 Å². The standard InChI is InChI=1S/C9H11NO2/c1-3-5-10-6-4-8(11)9(12)7(10)2/h3-4,6-7H,1,5H2,2H3. The van der Waals surface area contributed by atoms with Crippen molar-refractivity contribution in [3.63, 3.8) is 0 Å². The maximum absolute atomic E-state index is 11.1. The number of carbonyl (C=O) groups excluding carboxylic acids is 2. The molecule has 1 aliphatic heterocycles. The average molecular weight is 165 g/mol. The number of nitrogens with zero attached hydrogens (tertiary/aromatic N) is 1. The zero-order valence-corrected chi connectivity index (χ0v) is 6.99. The van der Waals surface area contributed by atoms with E-state index >= 15 is 0 Å². The molecule has 0 saturated heterocycles. The Bertz CT molecular complexity index is 255. The molecule has 0 spiro atoms. The molecular formula is C9H11NO2. The molecule has 64 valence electrons. The average Bonchev–Trinajstić information content (AvgIpc) is 2.07. The molecule has 0 aliphatic carbocycles. The van der Waals surface area contributed by atoms with Gasteiger partial charge >= 0.3 is 0 Å². The van der Waals surface area contributed by atoms with Gasteiger partial charge in [0.1, 0.15) is 0 Å². The Hall–Kier alpha value is -1.38. The van der Waals surface area contributed by atoms with Gasteiger partial charge in [-0.25, -0.2) is 0 Å². The molecule has 1 atom stereocenters. The Labute approximate surface area is 71.4 Å². The zero-order valence-electron chi connectivity index (χ0n) is 6.99. The van der Waals surface area contributed by atoms with Crippen LogP contribution >= 0.6 is 0 Å². The topological polar surface area (TPSA) is 37.4 Å². The number of allylic oxidation sites excluding steroid dienone is 1. The summed E-state index contributed by atoms with van der Waals surface area (Å²) in [6, 6.07) is -0.347. The zero-order chi connectivity index (χ0) is 9.14. The van der Waals surface area contributed by atoms with Gasteiger partial charge in [0.2, 0.25) is 11.6 Å². The predicted molar refractivity (Wildman–Crippen MR) is 45.5 cm³/mol. The van der Waals surface area contributed by atoms with Crippen molar-refractivity contribution in [2.24, 2.45) is 0 Å². The SMILES string of the molecule is C=CCN1C=CC(=O)C(=O)C1C. The summed E-state index contributed by atoms with van der Waals surface area (Å²) >= 11 is 0. The summed E-state index contributed by atoms with van der Waals surface area (Å²) in [7, 11) is 0. The third-order valence-corrected chi connectivity index (χ3v) is 1.88. The van der Waals surface area contributed by atoms with Crippen LogP contribution in [0.1, 0.15) is 6.92 Å². The highest BCUT2D eigenvalue weighted by molar-refractivity contribution is 6.43. The van der Waals surface area contributed by atoms with Crippen LogP contribution in [0.3, 0.4) is 0 Å². The van der Waals surface area contributed by atoms with Crippen LogP contribution in [0.15, 0.2) is 24.9 Å². The fourth-order valence-electron chi connectivity index (χ4n) is 1.10. The van der Waals surface area contributed by atoms with Gasteiger partial charge in [0, 0.05) is 18.8 Å². The van der Waals surface area contributed by atoms with E-state index in [0.29, 0.717) is 6.54 Å². The maximum Gasteiger partial charge on any atom is 0.225 e. The van der Waals surface area contributed by atoms with Gasteiger partial charge in [-0.1, -0.05) is 6.08 Å². The Morgan fingerprint density at radius 2 is 2.33 bits per heavy atom. The van der Waals surface area contributed by atoms with Crippen LogP contribution in [0.5, 0.6) is 0 Å². The van der Waals surface area contributed by atoms with E-state index in [1.54, 1.807) is 24.1 Å². The van der Waals surface area contributed by atoms with E-state index in [2.05, 4.69) is 6.58 Å². The van der Waals surface area contributed by atoms with Crippen LogP contribution in [-0.4, -0.2) is 29.1 Å². The molecule has 0 N–H and O–H groups in total. The molecule has 0 fully saturated rings. The maximum atomic E-state index is 11.1. The molecule has 0 aromatic heterocycles. The van der Waals surface area contributed by atoms with Crippen molar-refractivity contribution < 1.29 is 9.59 Å². The van der Waals surface area contributed by atoms with Crippen molar-refractivity contribution in [1.82, 2.24) is 4.90 Å². The highest BCUT2D eigenvalue weighted by atomic mass is 16.2. The van der Waals surface area contributed by atoms with E-state index < -0.39 is 5.78 Å². The first-order chi connectivity index (χ1) is 5.66. The van der Waals surface area contributed by atoms with Crippen LogP contribution in [0.4, 0.5) is 0 Å². The first-order valence-corrected chi connectivity index (χ1v) is 3.80. The highest BCUT2D eigenvalue weighted by Gasteiger charge is 2.26. The highest BCUT2D eigenvalue weighted by Crippen LogP contribution is 2.07. The van der Waals surface area contributed by atoms with Gasteiger partial charge in [0.25, 0.3) is 0 Å². The lowest BCUT2D eigenvalue weighted by Crippen LogP contribution is -2.42. The minimum absolute atomic E-state index is 0.347. The molecule has 1 rings (SSSR count). The molecule has 3 heteroatoms. The molecule has 3 nitrogen and oxygen atoms in total. The monoisotopic (exact) mass is 165 g/mol. The number of ketones is 2. The van der Waals surface area contributed by atoms with Gasteiger partial charge in [-0.2, -0.15) is 0 Å². The lowest BCUT2D eigenvalue weighted by Gasteiger charge is -2.27. The normalized spacial score (nSPS) is 23.1. The molecule has 12 heavy (non-hydrogen) atoms. The molecule has 1 heterocycles. The quantitative estimate of drug-likeness (QED) is 0.442. The smallest absolute Gasteiger partial charge is 0.225 e. The van der Waals surface area contributed by atoms with Crippen LogP contribution < -0.4 is 0 Å². The van der Waals surface area contributed by atoms with Crippen molar-refractivity contribution in [2.45, 2.75) is 13.0 Å². The first-order valence-electron chi connectivity index (χ1n) is 3.80. The van der Waals surface area contributed by atoms with Crippen LogP contribution in [-0.2, 0) is 9.59 Å². The van der Waals surface area contributed by atoms with Crippen molar-refractivity contribution in [3.8, 4) is 0 Å². The second-order valence-electron chi connectivity index (χ2n) is 2.71. The Morgan fingerprint density at radius 1 is 1.67 bits per heavy atom. The van der Waals surface area contributed by atoms with Gasteiger partial charge in [-0.05, 0) is 6.92 Å². The summed E-state index contributed by atoms with van der Waals surface area (Å²) in [6.07, 6.45) is 4.63. The molecule has 0 aromatic carbocycles. The minimum atomic E-state index is -0.414. The largest absolute Gasteiger partial charge is 0.363 e. The molecule has 0 amide bonds. The van der Waals surface area contributed by atoms with E-state index in [4.69, 9.17) is 0 Å². The molecule has 0 bridgehead atoms. The third-order valence-electron chi connectivity index (χ3n) is 1.88. The van der Waals surface area contributed by atoms with E-state index in [-0.39, 0.29) is 11.8 Å². The fraction of sp³-hybridized carbons (Fsp3) is 0.333. The molecular weight excluding hydrogens is 154 g/mol. The molecule has 1 unspecified atom stereocenters. The van der Waals surface area contributed by atoms with Crippen LogP contribution in [0, 0.1) is 0 Å². The van der Waals surface area contributed by atoms with Crippen molar-refractivity contribution >= 4 is 11.6 Å². The van der Waals surface area contributed by atoms with Gasteiger partial charge in [-0.15, -0.1) is 6.58 Å². The second kappa shape index (κ2) is 3.34. The fourth-order valence-corrected chi connectivity index (χ4v) is 1.10. The lowest BCUT2D eigenvalue weighted by molar-refractivity contribution is -0.137. The predicted octanol–water partition coefficient (Wildman–Crippen LogP) is 0.528. The summed E-state index contributed by atoms with van der Waals surface area (Å²) in [6.45, 7) is 5.87. The third kappa shape index (κ3) is 1.44. The van der Waals surface area contributed by atoms with Crippen LogP contribution in [0.25, 0.3) is 0 Å². The molecule has 0 aromatic rings. The second-order valence-corrected chi connectivity index (χ2v) is 2.71. The minimum Gasteiger partial charge on any atom is -0.363 e. The van der Waals surface area contributed by atoms with Gasteiger partial charge in [-0.3, -0.25) is 9.59 Å². The van der Waals surface area contributed by atoms with Crippen LogP contribution in [0.2, 0.25) is 0 Å². The summed E-state index contributed by atoms with van der Waals surface area (Å²) < 4.78 is 0. The Balaban J connectivity index is 2.80. The van der Waals surface area contributed by atoms with Gasteiger partial charge in [0.15, 0.2) is 0 Å². The van der Waals surface area contributed by atoms with E-state index in [0.717, 1.165) is 0 Å².